The zero-order chi connectivity index (χ0) is 18.4. The van der Waals surface area contributed by atoms with E-state index in [9.17, 15) is 9.90 Å². The van der Waals surface area contributed by atoms with Crippen molar-refractivity contribution in [1.29, 1.82) is 0 Å². The lowest BCUT2D eigenvalue weighted by atomic mass is 9.91. The number of hydrogen-bond donors (Lipinski definition) is 2. The Balaban J connectivity index is 1.48. The molecule has 5 heteroatoms. The lowest BCUT2D eigenvalue weighted by molar-refractivity contribution is -0.157. The third-order valence-electron chi connectivity index (χ3n) is 5.63. The van der Waals surface area contributed by atoms with Gasteiger partial charge in [-0.05, 0) is 51.3 Å². The van der Waals surface area contributed by atoms with Crippen LogP contribution in [0.1, 0.15) is 43.2 Å². The van der Waals surface area contributed by atoms with E-state index in [1.165, 1.54) is 37.9 Å². The predicted molar refractivity (Wildman–Crippen MR) is 104 cm³/mol. The molecule has 144 valence electrons. The van der Waals surface area contributed by atoms with Crippen LogP contribution in [0.5, 0.6) is 0 Å². The van der Waals surface area contributed by atoms with E-state index in [1.54, 1.807) is 0 Å². The molecule has 0 saturated carbocycles. The second kappa shape index (κ2) is 8.98. The van der Waals surface area contributed by atoms with Gasteiger partial charge in [-0.3, -0.25) is 4.79 Å². The summed E-state index contributed by atoms with van der Waals surface area (Å²) in [6.45, 7) is 7.89. The first kappa shape index (κ1) is 19.3. The molecule has 2 heterocycles. The first-order chi connectivity index (χ1) is 12.6. The molecule has 2 aliphatic rings. The summed E-state index contributed by atoms with van der Waals surface area (Å²) in [6.07, 6.45) is 5.32. The highest BCUT2D eigenvalue weighted by atomic mass is 16.3. The van der Waals surface area contributed by atoms with Gasteiger partial charge in [0.25, 0.3) is 5.91 Å². The summed E-state index contributed by atoms with van der Waals surface area (Å²) >= 11 is 0. The molecular weight excluding hydrogens is 326 g/mol. The Labute approximate surface area is 157 Å². The van der Waals surface area contributed by atoms with Crippen LogP contribution in [-0.2, 0) is 11.3 Å². The number of rotatable bonds is 7. The number of aliphatic hydroxyl groups is 1. The Morgan fingerprint density at radius 3 is 2.73 bits per heavy atom. The molecule has 26 heavy (non-hydrogen) atoms. The molecule has 2 aliphatic heterocycles. The van der Waals surface area contributed by atoms with Crippen LogP contribution < -0.4 is 5.32 Å². The van der Waals surface area contributed by atoms with E-state index >= 15 is 0 Å². The maximum absolute atomic E-state index is 12.9. The van der Waals surface area contributed by atoms with Crippen molar-refractivity contribution in [2.24, 2.45) is 0 Å². The first-order valence-electron chi connectivity index (χ1n) is 10.1. The fourth-order valence-electron chi connectivity index (χ4n) is 4.13. The van der Waals surface area contributed by atoms with Crippen molar-refractivity contribution in [2.45, 2.75) is 51.2 Å². The molecular formula is C21H33N3O2. The number of piperidine rings is 2. The Bertz CT molecular complexity index is 601. The Kier molecular flexibility index (Phi) is 6.68. The van der Waals surface area contributed by atoms with Crippen LogP contribution in [0.25, 0.3) is 0 Å². The minimum absolute atomic E-state index is 0.129. The molecule has 2 saturated heterocycles. The van der Waals surface area contributed by atoms with E-state index < -0.39 is 5.60 Å². The molecule has 1 aromatic carbocycles. The molecule has 0 spiro atoms. The molecule has 0 aromatic heterocycles. The van der Waals surface area contributed by atoms with Crippen molar-refractivity contribution in [1.82, 2.24) is 15.1 Å². The SMILES string of the molecule is Cc1cccc(CN2CCCC(O)(CNCCN3CCCCC3)C2=O)c1. The van der Waals surface area contributed by atoms with Crippen LogP contribution in [-0.4, -0.2) is 65.7 Å². The smallest absolute Gasteiger partial charge is 0.256 e. The number of carbonyl (C=O) groups is 1. The van der Waals surface area contributed by atoms with Gasteiger partial charge in [-0.1, -0.05) is 36.2 Å². The monoisotopic (exact) mass is 359 g/mol. The van der Waals surface area contributed by atoms with Gasteiger partial charge in [-0.25, -0.2) is 0 Å². The van der Waals surface area contributed by atoms with Crippen LogP contribution in [0.2, 0.25) is 0 Å². The van der Waals surface area contributed by atoms with E-state index in [4.69, 9.17) is 0 Å². The summed E-state index contributed by atoms with van der Waals surface area (Å²) in [7, 11) is 0. The minimum atomic E-state index is -1.26. The molecule has 1 amide bonds. The average molecular weight is 360 g/mol. The van der Waals surface area contributed by atoms with Crippen LogP contribution in [0.4, 0.5) is 0 Å². The molecule has 2 fully saturated rings. The molecule has 5 nitrogen and oxygen atoms in total. The molecule has 1 aromatic rings. The molecule has 0 aliphatic carbocycles. The zero-order valence-electron chi connectivity index (χ0n) is 16.0. The van der Waals surface area contributed by atoms with E-state index in [0.717, 1.165) is 31.6 Å². The van der Waals surface area contributed by atoms with Gasteiger partial charge in [-0.2, -0.15) is 0 Å². The van der Waals surface area contributed by atoms with Crippen molar-refractivity contribution < 1.29 is 9.90 Å². The van der Waals surface area contributed by atoms with Gasteiger partial charge in [0.05, 0.1) is 0 Å². The van der Waals surface area contributed by atoms with E-state index in [-0.39, 0.29) is 5.91 Å². The Hall–Kier alpha value is -1.43. The molecule has 0 bridgehead atoms. The van der Waals surface area contributed by atoms with Crippen molar-refractivity contribution in [3.63, 3.8) is 0 Å². The third-order valence-corrected chi connectivity index (χ3v) is 5.63. The van der Waals surface area contributed by atoms with Crippen molar-refractivity contribution in [3.8, 4) is 0 Å². The van der Waals surface area contributed by atoms with Crippen LogP contribution >= 0.6 is 0 Å². The number of benzene rings is 1. The Morgan fingerprint density at radius 1 is 1.15 bits per heavy atom. The number of carbonyl (C=O) groups excluding carboxylic acids is 1. The summed E-state index contributed by atoms with van der Waals surface area (Å²) in [5.74, 6) is -0.129. The van der Waals surface area contributed by atoms with Gasteiger partial charge in [0.15, 0.2) is 5.60 Å². The van der Waals surface area contributed by atoms with Crippen LogP contribution in [0.3, 0.4) is 0 Å². The third kappa shape index (κ3) is 5.06. The quantitative estimate of drug-likeness (QED) is 0.731. The van der Waals surface area contributed by atoms with Gasteiger partial charge in [0.1, 0.15) is 0 Å². The molecule has 1 unspecified atom stereocenters. The summed E-state index contributed by atoms with van der Waals surface area (Å²) < 4.78 is 0. The van der Waals surface area contributed by atoms with Gasteiger partial charge in [0.2, 0.25) is 0 Å². The van der Waals surface area contributed by atoms with Crippen molar-refractivity contribution >= 4 is 5.91 Å². The number of hydrogen-bond acceptors (Lipinski definition) is 4. The molecule has 0 radical (unpaired) electrons. The summed E-state index contributed by atoms with van der Waals surface area (Å²) in [6, 6.07) is 8.24. The van der Waals surface area contributed by atoms with Gasteiger partial charge in [-0.15, -0.1) is 0 Å². The highest BCUT2D eigenvalue weighted by Crippen LogP contribution is 2.24. The van der Waals surface area contributed by atoms with Gasteiger partial charge < -0.3 is 20.2 Å². The largest absolute Gasteiger partial charge is 0.379 e. The summed E-state index contributed by atoms with van der Waals surface area (Å²) in [4.78, 5) is 17.1. The summed E-state index contributed by atoms with van der Waals surface area (Å²) in [5, 5.41) is 14.2. The maximum atomic E-state index is 12.9. The van der Waals surface area contributed by atoms with Crippen LogP contribution in [0, 0.1) is 6.92 Å². The normalized spacial score (nSPS) is 24.8. The fourth-order valence-corrected chi connectivity index (χ4v) is 4.13. The van der Waals surface area contributed by atoms with Crippen molar-refractivity contribution in [2.75, 3.05) is 39.3 Å². The average Bonchev–Trinajstić information content (AvgIpc) is 2.64. The molecule has 1 atom stereocenters. The first-order valence-corrected chi connectivity index (χ1v) is 10.1. The number of likely N-dealkylation sites (tertiary alicyclic amines) is 2. The number of nitrogens with zero attached hydrogens (tertiary/aromatic N) is 2. The topological polar surface area (TPSA) is 55.8 Å². The standard InChI is InChI=1S/C21H33N3O2/c1-18-7-5-8-19(15-18)16-24-13-6-9-21(26,20(24)25)17-22-10-14-23-11-3-2-4-12-23/h5,7-8,15,22,26H,2-4,6,9-14,16-17H2,1H3. The number of amides is 1. The Morgan fingerprint density at radius 2 is 1.96 bits per heavy atom. The zero-order valence-corrected chi connectivity index (χ0v) is 16.0. The number of aryl methyl sites for hydroxylation is 1. The van der Waals surface area contributed by atoms with Gasteiger partial charge in [0, 0.05) is 32.7 Å². The van der Waals surface area contributed by atoms with Gasteiger partial charge >= 0.3 is 0 Å². The summed E-state index contributed by atoms with van der Waals surface area (Å²) in [5.41, 5.74) is 1.06. The number of nitrogens with one attached hydrogen (secondary N) is 1. The minimum Gasteiger partial charge on any atom is -0.379 e. The molecule has 2 N–H and O–H groups in total. The lowest BCUT2D eigenvalue weighted by Crippen LogP contribution is -2.58. The van der Waals surface area contributed by atoms with Crippen molar-refractivity contribution in [3.05, 3.63) is 35.4 Å². The van der Waals surface area contributed by atoms with E-state index in [2.05, 4.69) is 29.3 Å². The van der Waals surface area contributed by atoms with E-state index in [1.807, 2.05) is 17.0 Å². The fraction of sp³-hybridized carbons (Fsp3) is 0.667. The predicted octanol–water partition coefficient (Wildman–Crippen LogP) is 1.92. The second-order valence-corrected chi connectivity index (χ2v) is 7.93. The highest BCUT2D eigenvalue weighted by Gasteiger charge is 2.41. The lowest BCUT2D eigenvalue weighted by Gasteiger charge is -2.38. The molecule has 3 rings (SSSR count). The highest BCUT2D eigenvalue weighted by molar-refractivity contribution is 5.86. The van der Waals surface area contributed by atoms with Crippen LogP contribution in [0.15, 0.2) is 24.3 Å². The second-order valence-electron chi connectivity index (χ2n) is 7.93. The maximum Gasteiger partial charge on any atom is 0.256 e. The van der Waals surface area contributed by atoms with E-state index in [0.29, 0.717) is 19.5 Å².